The summed E-state index contributed by atoms with van der Waals surface area (Å²) in [5.41, 5.74) is 0.668. The summed E-state index contributed by atoms with van der Waals surface area (Å²) in [7, 11) is 0. The number of halogens is 3. The zero-order chi connectivity index (χ0) is 17.0. The maximum Gasteiger partial charge on any atom is 0.256 e. The Morgan fingerprint density at radius 1 is 1.46 bits per heavy atom. The van der Waals surface area contributed by atoms with Crippen LogP contribution in [0.4, 0.5) is 8.78 Å². The van der Waals surface area contributed by atoms with Gasteiger partial charge in [-0.05, 0) is 16.6 Å². The first-order valence-electron chi connectivity index (χ1n) is 6.64. The van der Waals surface area contributed by atoms with Crippen LogP contribution in [0.3, 0.4) is 0 Å². The van der Waals surface area contributed by atoms with E-state index >= 15 is 0 Å². The van der Waals surface area contributed by atoms with E-state index in [1.165, 1.54) is 6.07 Å². The first-order valence-corrected chi connectivity index (χ1v) is 7.43. The van der Waals surface area contributed by atoms with Gasteiger partial charge >= 0.3 is 0 Å². The predicted octanol–water partition coefficient (Wildman–Crippen LogP) is 3.55. The van der Waals surface area contributed by atoms with Crippen molar-refractivity contribution >= 4 is 15.9 Å². The van der Waals surface area contributed by atoms with Gasteiger partial charge in [0, 0.05) is 32.7 Å². The topological polar surface area (TPSA) is 55.0 Å². The van der Waals surface area contributed by atoms with E-state index in [1.807, 2.05) is 6.07 Å². The van der Waals surface area contributed by atoms with Crippen LogP contribution < -0.4 is 10.3 Å². The zero-order valence-corrected chi connectivity index (χ0v) is 17.1. The van der Waals surface area contributed by atoms with Gasteiger partial charge in [-0.1, -0.05) is 39.7 Å². The second kappa shape index (κ2) is 9.40. The van der Waals surface area contributed by atoms with Crippen molar-refractivity contribution in [1.82, 2.24) is 4.57 Å². The van der Waals surface area contributed by atoms with Crippen molar-refractivity contribution < 1.29 is 46.2 Å². The fraction of sp³-hybridized carbons (Fsp3) is 0.250. The predicted molar refractivity (Wildman–Crippen MR) is 84.5 cm³/mol. The Bertz CT molecular complexity index is 819. The number of benzene rings is 1. The Morgan fingerprint density at radius 2 is 2.17 bits per heavy atom. The van der Waals surface area contributed by atoms with Crippen molar-refractivity contribution in [3.63, 3.8) is 0 Å². The molecule has 0 saturated carbocycles. The van der Waals surface area contributed by atoms with E-state index in [2.05, 4.69) is 22.0 Å². The molecule has 0 aliphatic carbocycles. The van der Waals surface area contributed by atoms with Gasteiger partial charge in [0.1, 0.15) is 11.8 Å². The van der Waals surface area contributed by atoms with Gasteiger partial charge in [0.25, 0.3) is 6.43 Å². The molecule has 2 rings (SSSR count). The number of aryl methyl sites for hydroxylation is 1. The second-order valence-electron chi connectivity index (χ2n) is 4.72. The van der Waals surface area contributed by atoms with Crippen molar-refractivity contribution in [2.75, 3.05) is 6.61 Å². The van der Waals surface area contributed by atoms with Crippen molar-refractivity contribution in [1.29, 1.82) is 5.26 Å². The average Bonchev–Trinajstić information content (AvgIpc) is 2.50. The van der Waals surface area contributed by atoms with Crippen LogP contribution in [-0.4, -0.2) is 17.6 Å². The van der Waals surface area contributed by atoms with E-state index < -0.39 is 18.5 Å². The van der Waals surface area contributed by atoms with Crippen molar-refractivity contribution in [2.45, 2.75) is 19.9 Å². The second-order valence-corrected chi connectivity index (χ2v) is 5.57. The van der Waals surface area contributed by atoms with E-state index in [4.69, 9.17) is 10.00 Å². The van der Waals surface area contributed by atoms with Crippen LogP contribution in [0.25, 0.3) is 11.3 Å². The summed E-state index contributed by atoms with van der Waals surface area (Å²) >= 11 is 3.33. The Hall–Kier alpha value is -1.10. The smallest absolute Gasteiger partial charge is 0.256 e. The van der Waals surface area contributed by atoms with Gasteiger partial charge in [-0.25, -0.2) is 8.78 Å². The number of rotatable bonds is 5. The molecule has 0 unspecified atom stereocenters. The van der Waals surface area contributed by atoms with Crippen molar-refractivity contribution in [3.8, 4) is 23.1 Å². The summed E-state index contributed by atoms with van der Waals surface area (Å²) in [6, 6.07) is 11.0. The maximum absolute atomic E-state index is 12.8. The summed E-state index contributed by atoms with van der Waals surface area (Å²) in [5.74, 6) is 0.456. The fourth-order valence-electron chi connectivity index (χ4n) is 2.06. The first kappa shape index (κ1) is 20.9. The molecule has 123 valence electrons. The molecule has 1 radical (unpaired) electrons. The minimum atomic E-state index is -2.65. The van der Waals surface area contributed by atoms with Crippen LogP contribution >= 0.6 is 15.9 Å². The van der Waals surface area contributed by atoms with Crippen molar-refractivity contribution in [3.05, 3.63) is 50.7 Å². The number of nitriles is 1. The van der Waals surface area contributed by atoms with E-state index in [0.29, 0.717) is 21.3 Å². The monoisotopic (exact) mass is 470 g/mol. The SMILES string of the molecule is Cc1c[c-]c(-c2ccc(OCC#N)cc2Br)n(CC(F)F)c1=O.[Y]. The van der Waals surface area contributed by atoms with Gasteiger partial charge in [0.2, 0.25) is 0 Å². The van der Waals surface area contributed by atoms with Gasteiger partial charge in [-0.3, -0.25) is 4.79 Å². The average molecular weight is 471 g/mol. The molecule has 0 aliphatic heterocycles. The van der Waals surface area contributed by atoms with E-state index in [1.54, 1.807) is 25.1 Å². The number of aromatic nitrogens is 1. The van der Waals surface area contributed by atoms with Crippen molar-refractivity contribution in [2.24, 2.45) is 0 Å². The van der Waals surface area contributed by atoms with Crippen LogP contribution in [0.15, 0.2) is 33.5 Å². The van der Waals surface area contributed by atoms with Crippen LogP contribution in [-0.2, 0) is 39.3 Å². The number of pyridine rings is 1. The third-order valence-corrected chi connectivity index (χ3v) is 3.75. The van der Waals surface area contributed by atoms with Gasteiger partial charge in [-0.2, -0.15) is 17.4 Å². The van der Waals surface area contributed by atoms with Gasteiger partial charge in [0.15, 0.2) is 12.2 Å². The summed E-state index contributed by atoms with van der Waals surface area (Å²) < 4.78 is 32.3. The van der Waals surface area contributed by atoms with Crippen LogP contribution in [0.2, 0.25) is 0 Å². The molecule has 0 aliphatic rings. The molecule has 1 aromatic carbocycles. The van der Waals surface area contributed by atoms with Gasteiger partial charge < -0.3 is 9.30 Å². The minimum absolute atomic E-state index is 0. The zero-order valence-electron chi connectivity index (χ0n) is 12.7. The molecule has 0 amide bonds. The Labute approximate surface area is 171 Å². The summed E-state index contributed by atoms with van der Waals surface area (Å²) in [4.78, 5) is 12.2. The normalized spacial score (nSPS) is 10.2. The molecule has 0 fully saturated rings. The summed E-state index contributed by atoms with van der Waals surface area (Å²) in [6.07, 6.45) is -2.65. The molecule has 2 aromatic rings. The number of nitrogens with zero attached hydrogens (tertiary/aromatic N) is 2. The molecule has 4 nitrogen and oxygen atoms in total. The Morgan fingerprint density at radius 3 is 2.75 bits per heavy atom. The Kier molecular flexibility index (Phi) is 8.21. The summed E-state index contributed by atoms with van der Waals surface area (Å²) in [6.45, 7) is 0.752. The third kappa shape index (κ3) is 4.95. The van der Waals surface area contributed by atoms with Crippen LogP contribution in [0.1, 0.15) is 5.56 Å². The summed E-state index contributed by atoms with van der Waals surface area (Å²) in [5, 5.41) is 8.51. The van der Waals surface area contributed by atoms with Crippen LogP contribution in [0, 0.1) is 24.3 Å². The van der Waals surface area contributed by atoms with E-state index in [0.717, 1.165) is 4.57 Å². The molecule has 1 aromatic heterocycles. The largest absolute Gasteiger partial charge is 0.479 e. The number of hydrogen-bond donors (Lipinski definition) is 0. The Balaban J connectivity index is 0.00000288. The molecule has 0 atom stereocenters. The molecule has 0 N–H and O–H groups in total. The first-order chi connectivity index (χ1) is 10.9. The number of alkyl halides is 2. The molecule has 0 saturated heterocycles. The molecule has 8 heteroatoms. The molecule has 0 bridgehead atoms. The number of hydrogen-bond acceptors (Lipinski definition) is 3. The standard InChI is InChI=1S/C16H12BrF2N2O2.Y/c1-10-2-5-14(21(16(10)22)9-15(18)19)12-4-3-11(8-13(12)17)23-7-6-20;/h2-4,8,15H,7,9H2,1H3;/q-1;. The van der Waals surface area contributed by atoms with Crippen LogP contribution in [0.5, 0.6) is 5.75 Å². The minimum Gasteiger partial charge on any atom is -0.479 e. The molecule has 1 heterocycles. The molecular formula is C16H12BrF2N2O2Y-. The maximum atomic E-state index is 12.8. The van der Waals surface area contributed by atoms with E-state index in [-0.39, 0.29) is 45.0 Å². The third-order valence-electron chi connectivity index (χ3n) is 3.10. The van der Waals surface area contributed by atoms with Gasteiger partial charge in [-0.15, -0.1) is 6.07 Å². The quantitative estimate of drug-likeness (QED) is 0.628. The molecule has 0 spiro atoms. The fourth-order valence-corrected chi connectivity index (χ4v) is 2.60. The van der Waals surface area contributed by atoms with Gasteiger partial charge in [0.05, 0.1) is 6.54 Å². The molecular weight excluding hydrogens is 459 g/mol. The number of ether oxygens (including phenoxy) is 1. The van der Waals surface area contributed by atoms with E-state index in [9.17, 15) is 13.6 Å². The molecule has 24 heavy (non-hydrogen) atoms.